The maximum Gasteiger partial charge on any atom is 0.168 e. The van der Waals surface area contributed by atoms with Gasteiger partial charge in [0, 0.05) is 5.56 Å². The quantitative estimate of drug-likeness (QED) is 0.758. The molecular weight excluding hydrogens is 252 g/mol. The van der Waals surface area contributed by atoms with Crippen LogP contribution in [0.25, 0.3) is 0 Å². The Morgan fingerprint density at radius 2 is 2.00 bits per heavy atom. The van der Waals surface area contributed by atoms with E-state index in [9.17, 15) is 13.2 Å². The second-order valence-corrected chi connectivity index (χ2v) is 7.34. The number of hydrogen-bond acceptors (Lipinski definition) is 4. The van der Waals surface area contributed by atoms with E-state index < -0.39 is 9.84 Å². The molecule has 0 radical (unpaired) electrons. The summed E-state index contributed by atoms with van der Waals surface area (Å²) >= 11 is 0. The number of hydrogen-bond donors (Lipinski definition) is 0. The zero-order valence-corrected chi connectivity index (χ0v) is 10.9. The Balaban J connectivity index is 2.06. The van der Waals surface area contributed by atoms with Crippen molar-refractivity contribution in [3.63, 3.8) is 0 Å². The van der Waals surface area contributed by atoms with Crippen LogP contribution in [0, 0.1) is 0 Å². The predicted octanol–water partition coefficient (Wildman–Crippen LogP) is 1.28. The van der Waals surface area contributed by atoms with Crippen LogP contribution in [-0.2, 0) is 22.0 Å². The molecule has 98 valence electrons. The number of carbonyl (C=O) groups excluding carboxylic acids is 1. The summed E-state index contributed by atoms with van der Waals surface area (Å²) in [7, 11) is -3.02. The van der Waals surface area contributed by atoms with Gasteiger partial charge >= 0.3 is 0 Å². The third-order valence-electron chi connectivity index (χ3n) is 3.93. The first-order valence-electron chi connectivity index (χ1n) is 6.36. The third-order valence-corrected chi connectivity index (χ3v) is 5.47. The molecule has 1 aromatic rings. The Bertz CT molecular complexity index is 583. The second-order valence-electron chi connectivity index (χ2n) is 5.15. The fraction of sp³-hybridized carbons (Fsp3) is 0.667. The fourth-order valence-corrected chi connectivity index (χ4v) is 4.32. The van der Waals surface area contributed by atoms with Gasteiger partial charge in [-0.25, -0.2) is 8.42 Å². The number of nitrogens with zero attached hydrogens (tertiary/aromatic N) is 2. The minimum atomic E-state index is -3.02. The van der Waals surface area contributed by atoms with Crippen molar-refractivity contribution in [2.75, 3.05) is 5.75 Å². The van der Waals surface area contributed by atoms with E-state index >= 15 is 0 Å². The molecule has 0 bridgehead atoms. The highest BCUT2D eigenvalue weighted by molar-refractivity contribution is 7.90. The topological polar surface area (TPSA) is 69.0 Å². The molecule has 6 heteroatoms. The SMILES string of the molecule is O=Cc1c2c(nn1C1CCCC1)CS(=O)(=O)CC2. The Morgan fingerprint density at radius 3 is 2.67 bits per heavy atom. The van der Waals surface area contributed by atoms with Crippen molar-refractivity contribution in [3.05, 3.63) is 17.0 Å². The Hall–Kier alpha value is -1.17. The molecule has 0 amide bonds. The van der Waals surface area contributed by atoms with Crippen molar-refractivity contribution < 1.29 is 13.2 Å². The molecule has 18 heavy (non-hydrogen) atoms. The lowest BCUT2D eigenvalue weighted by Crippen LogP contribution is -2.18. The first-order valence-corrected chi connectivity index (χ1v) is 8.19. The Kier molecular flexibility index (Phi) is 2.77. The zero-order valence-electron chi connectivity index (χ0n) is 10.1. The van der Waals surface area contributed by atoms with Crippen LogP contribution in [0.5, 0.6) is 0 Å². The van der Waals surface area contributed by atoms with Crippen LogP contribution in [0.2, 0.25) is 0 Å². The van der Waals surface area contributed by atoms with E-state index in [0.717, 1.165) is 37.5 Å². The van der Waals surface area contributed by atoms with Gasteiger partial charge in [0.2, 0.25) is 0 Å². The van der Waals surface area contributed by atoms with Gasteiger partial charge < -0.3 is 0 Å². The van der Waals surface area contributed by atoms with Crippen LogP contribution in [-0.4, -0.2) is 30.2 Å². The molecule has 1 fully saturated rings. The van der Waals surface area contributed by atoms with Gasteiger partial charge in [0.15, 0.2) is 16.1 Å². The van der Waals surface area contributed by atoms with Crippen molar-refractivity contribution in [1.29, 1.82) is 0 Å². The molecule has 5 nitrogen and oxygen atoms in total. The molecule has 0 N–H and O–H groups in total. The van der Waals surface area contributed by atoms with Gasteiger partial charge in [-0.3, -0.25) is 9.48 Å². The molecule has 0 unspecified atom stereocenters. The molecule has 1 aliphatic heterocycles. The summed E-state index contributed by atoms with van der Waals surface area (Å²) in [6, 6.07) is 0.276. The fourth-order valence-electron chi connectivity index (χ4n) is 3.01. The number of aromatic nitrogens is 2. The van der Waals surface area contributed by atoms with Crippen LogP contribution < -0.4 is 0 Å². The summed E-state index contributed by atoms with van der Waals surface area (Å²) in [6.45, 7) is 0. The van der Waals surface area contributed by atoms with Gasteiger partial charge in [-0.15, -0.1) is 0 Å². The van der Waals surface area contributed by atoms with E-state index in [1.54, 1.807) is 4.68 Å². The van der Waals surface area contributed by atoms with Crippen LogP contribution >= 0.6 is 0 Å². The molecule has 1 aliphatic carbocycles. The average molecular weight is 268 g/mol. The normalized spacial score (nSPS) is 22.9. The summed E-state index contributed by atoms with van der Waals surface area (Å²) in [5.74, 6) is 0.125. The van der Waals surface area contributed by atoms with E-state index in [1.807, 2.05) is 0 Å². The van der Waals surface area contributed by atoms with Crippen LogP contribution in [0.4, 0.5) is 0 Å². The lowest BCUT2D eigenvalue weighted by Gasteiger charge is -2.11. The molecule has 0 spiro atoms. The number of sulfone groups is 1. The van der Waals surface area contributed by atoms with E-state index in [1.165, 1.54) is 0 Å². The maximum absolute atomic E-state index is 11.6. The molecule has 0 atom stereocenters. The minimum Gasteiger partial charge on any atom is -0.296 e. The van der Waals surface area contributed by atoms with Gasteiger partial charge in [-0.2, -0.15) is 5.10 Å². The van der Waals surface area contributed by atoms with Crippen molar-refractivity contribution in [1.82, 2.24) is 9.78 Å². The third kappa shape index (κ3) is 1.88. The highest BCUT2D eigenvalue weighted by Gasteiger charge is 2.30. The molecule has 3 rings (SSSR count). The highest BCUT2D eigenvalue weighted by Crippen LogP contribution is 2.32. The van der Waals surface area contributed by atoms with Crippen LogP contribution in [0.1, 0.15) is 53.5 Å². The van der Waals surface area contributed by atoms with E-state index in [2.05, 4.69) is 5.10 Å². The molecular formula is C12H16N2O3S. The standard InChI is InChI=1S/C12H16N2O3S/c15-7-12-10-5-6-18(16,17)8-11(10)13-14(12)9-3-1-2-4-9/h7,9H,1-6,8H2. The van der Waals surface area contributed by atoms with E-state index in [-0.39, 0.29) is 17.5 Å². The summed E-state index contributed by atoms with van der Waals surface area (Å²) in [5.41, 5.74) is 2.05. The highest BCUT2D eigenvalue weighted by atomic mass is 32.2. The zero-order chi connectivity index (χ0) is 12.8. The molecule has 2 heterocycles. The van der Waals surface area contributed by atoms with Gasteiger partial charge in [0.25, 0.3) is 0 Å². The lowest BCUT2D eigenvalue weighted by atomic mass is 10.1. The predicted molar refractivity (Wildman–Crippen MR) is 66.3 cm³/mol. The van der Waals surface area contributed by atoms with Crippen LogP contribution in [0.3, 0.4) is 0 Å². The molecule has 2 aliphatic rings. The summed E-state index contributed by atoms with van der Waals surface area (Å²) in [6.07, 6.45) is 5.65. The number of rotatable bonds is 2. The van der Waals surface area contributed by atoms with Crippen molar-refractivity contribution >= 4 is 16.1 Å². The summed E-state index contributed by atoms with van der Waals surface area (Å²) in [5, 5.41) is 4.41. The first-order chi connectivity index (χ1) is 8.61. The summed E-state index contributed by atoms with van der Waals surface area (Å²) < 4.78 is 25.0. The van der Waals surface area contributed by atoms with Crippen molar-refractivity contribution in [2.45, 2.75) is 43.9 Å². The summed E-state index contributed by atoms with van der Waals surface area (Å²) in [4.78, 5) is 11.3. The van der Waals surface area contributed by atoms with Crippen LogP contribution in [0.15, 0.2) is 0 Å². The van der Waals surface area contributed by atoms with Gasteiger partial charge in [0.1, 0.15) is 5.69 Å². The number of carbonyl (C=O) groups is 1. The number of fused-ring (bicyclic) bond motifs is 1. The molecule has 0 aromatic carbocycles. The molecule has 1 saturated carbocycles. The largest absolute Gasteiger partial charge is 0.296 e. The number of aldehydes is 1. The van der Waals surface area contributed by atoms with E-state index in [4.69, 9.17) is 0 Å². The maximum atomic E-state index is 11.6. The monoisotopic (exact) mass is 268 g/mol. The minimum absolute atomic E-state index is 0.0110. The second kappa shape index (κ2) is 4.19. The van der Waals surface area contributed by atoms with E-state index in [0.29, 0.717) is 17.8 Å². The molecule has 0 saturated heterocycles. The van der Waals surface area contributed by atoms with Gasteiger partial charge in [0.05, 0.1) is 23.2 Å². The first kappa shape index (κ1) is 11.9. The molecule has 1 aromatic heterocycles. The van der Waals surface area contributed by atoms with Crippen molar-refractivity contribution in [2.24, 2.45) is 0 Å². The van der Waals surface area contributed by atoms with Gasteiger partial charge in [-0.05, 0) is 19.3 Å². The van der Waals surface area contributed by atoms with Crippen molar-refractivity contribution in [3.8, 4) is 0 Å². The lowest BCUT2D eigenvalue weighted by molar-refractivity contribution is 0.111. The van der Waals surface area contributed by atoms with Gasteiger partial charge in [-0.1, -0.05) is 12.8 Å². The Morgan fingerprint density at radius 1 is 1.28 bits per heavy atom. The average Bonchev–Trinajstić information content (AvgIpc) is 2.92. The smallest absolute Gasteiger partial charge is 0.168 e. The Labute approximate surface area is 106 Å².